The van der Waals surface area contributed by atoms with E-state index in [4.69, 9.17) is 0 Å². The van der Waals surface area contributed by atoms with Crippen molar-refractivity contribution in [2.45, 2.75) is 26.0 Å². The van der Waals surface area contributed by atoms with Gasteiger partial charge in [-0.1, -0.05) is 36.4 Å². The molecule has 1 N–H and O–H groups in total. The van der Waals surface area contributed by atoms with E-state index in [-0.39, 0.29) is 12.1 Å². The molecule has 92 valence electrons. The van der Waals surface area contributed by atoms with E-state index in [1.54, 1.807) is 0 Å². The van der Waals surface area contributed by atoms with Crippen molar-refractivity contribution in [3.8, 4) is 0 Å². The standard InChI is InChI=1S/C16H17NO/c1-11(12(2)18)17-15-9-5-3-7-13(15)14-8-4-6-10-16(14)17/h3-12,18H,1-2H3. The van der Waals surface area contributed by atoms with Gasteiger partial charge < -0.3 is 9.67 Å². The predicted octanol–water partition coefficient (Wildman–Crippen LogP) is 3.74. The van der Waals surface area contributed by atoms with Crippen molar-refractivity contribution in [2.24, 2.45) is 0 Å². The molecule has 2 nitrogen and oxygen atoms in total. The number of rotatable bonds is 2. The number of aliphatic hydroxyl groups is 1. The lowest BCUT2D eigenvalue weighted by Crippen LogP contribution is -2.17. The molecule has 0 amide bonds. The molecule has 2 aromatic carbocycles. The average Bonchev–Trinajstić information content (AvgIpc) is 2.72. The molecule has 3 aromatic rings. The second-order valence-electron chi connectivity index (χ2n) is 4.89. The highest BCUT2D eigenvalue weighted by molar-refractivity contribution is 6.08. The van der Waals surface area contributed by atoms with Gasteiger partial charge in [-0.05, 0) is 26.0 Å². The molecule has 0 bridgehead atoms. The molecule has 0 aliphatic heterocycles. The lowest BCUT2D eigenvalue weighted by atomic mass is 10.2. The maximum absolute atomic E-state index is 9.89. The fourth-order valence-electron chi connectivity index (χ4n) is 2.61. The lowest BCUT2D eigenvalue weighted by Gasteiger charge is -2.19. The summed E-state index contributed by atoms with van der Waals surface area (Å²) in [6.07, 6.45) is -0.371. The number of hydrogen-bond donors (Lipinski definition) is 1. The Labute approximate surface area is 106 Å². The predicted molar refractivity (Wildman–Crippen MR) is 75.8 cm³/mol. The van der Waals surface area contributed by atoms with Crippen LogP contribution in [0.25, 0.3) is 21.8 Å². The number of benzene rings is 2. The van der Waals surface area contributed by atoms with Crippen LogP contribution in [0.1, 0.15) is 19.9 Å². The molecule has 0 saturated heterocycles. The average molecular weight is 239 g/mol. The first-order chi connectivity index (χ1) is 8.70. The zero-order chi connectivity index (χ0) is 12.7. The minimum Gasteiger partial charge on any atom is -0.391 e. The van der Waals surface area contributed by atoms with Crippen LogP contribution in [0, 0.1) is 0 Å². The molecule has 18 heavy (non-hydrogen) atoms. The van der Waals surface area contributed by atoms with E-state index in [2.05, 4.69) is 47.9 Å². The minimum atomic E-state index is -0.371. The molecule has 0 aliphatic carbocycles. The van der Waals surface area contributed by atoms with Crippen LogP contribution in [0.15, 0.2) is 48.5 Å². The van der Waals surface area contributed by atoms with Gasteiger partial charge in [0.1, 0.15) is 0 Å². The normalized spacial score (nSPS) is 15.1. The molecular formula is C16H17NO. The summed E-state index contributed by atoms with van der Waals surface area (Å²) in [7, 11) is 0. The first-order valence-corrected chi connectivity index (χ1v) is 6.36. The Morgan fingerprint density at radius 2 is 1.28 bits per heavy atom. The largest absolute Gasteiger partial charge is 0.391 e. The summed E-state index contributed by atoms with van der Waals surface area (Å²) in [6.45, 7) is 3.90. The van der Waals surface area contributed by atoms with E-state index in [0.717, 1.165) is 0 Å². The molecule has 0 spiro atoms. The highest BCUT2D eigenvalue weighted by atomic mass is 16.3. The van der Waals surface area contributed by atoms with Crippen LogP contribution in [0.4, 0.5) is 0 Å². The summed E-state index contributed by atoms with van der Waals surface area (Å²) < 4.78 is 2.23. The molecule has 2 heteroatoms. The lowest BCUT2D eigenvalue weighted by molar-refractivity contribution is 0.143. The molecule has 0 fully saturated rings. The number of para-hydroxylation sites is 2. The van der Waals surface area contributed by atoms with Crippen molar-refractivity contribution >= 4 is 21.8 Å². The fraction of sp³-hybridized carbons (Fsp3) is 0.250. The second kappa shape index (κ2) is 4.14. The van der Waals surface area contributed by atoms with Crippen LogP contribution in [0.2, 0.25) is 0 Å². The quantitative estimate of drug-likeness (QED) is 0.724. The molecule has 0 radical (unpaired) electrons. The Morgan fingerprint density at radius 1 is 0.833 bits per heavy atom. The number of hydrogen-bond acceptors (Lipinski definition) is 1. The first-order valence-electron chi connectivity index (χ1n) is 6.36. The molecule has 1 heterocycles. The number of aromatic nitrogens is 1. The van der Waals surface area contributed by atoms with Crippen molar-refractivity contribution in [2.75, 3.05) is 0 Å². The summed E-state index contributed by atoms with van der Waals surface area (Å²) >= 11 is 0. The van der Waals surface area contributed by atoms with E-state index < -0.39 is 0 Å². The highest BCUT2D eigenvalue weighted by Gasteiger charge is 2.17. The minimum absolute atomic E-state index is 0.0646. The van der Waals surface area contributed by atoms with Gasteiger partial charge in [-0.2, -0.15) is 0 Å². The van der Waals surface area contributed by atoms with Crippen molar-refractivity contribution in [3.63, 3.8) is 0 Å². The fourth-order valence-corrected chi connectivity index (χ4v) is 2.61. The van der Waals surface area contributed by atoms with Crippen LogP contribution in [0.5, 0.6) is 0 Å². The van der Waals surface area contributed by atoms with E-state index in [1.807, 2.05) is 19.1 Å². The van der Waals surface area contributed by atoms with Crippen molar-refractivity contribution < 1.29 is 5.11 Å². The Morgan fingerprint density at radius 3 is 1.72 bits per heavy atom. The first kappa shape index (κ1) is 11.3. The van der Waals surface area contributed by atoms with Gasteiger partial charge in [0.25, 0.3) is 0 Å². The van der Waals surface area contributed by atoms with Gasteiger partial charge in [-0.25, -0.2) is 0 Å². The summed E-state index contributed by atoms with van der Waals surface area (Å²) in [5, 5.41) is 12.4. The Hall–Kier alpha value is -1.80. The van der Waals surface area contributed by atoms with Gasteiger partial charge in [0.05, 0.1) is 12.1 Å². The summed E-state index contributed by atoms with van der Waals surface area (Å²) in [4.78, 5) is 0. The molecule has 0 saturated carbocycles. The molecular weight excluding hydrogens is 222 g/mol. The SMILES string of the molecule is CC(O)C(C)n1c2ccccc2c2ccccc21. The monoisotopic (exact) mass is 239 g/mol. The Bertz CT molecular complexity index is 643. The molecule has 2 unspecified atom stereocenters. The topological polar surface area (TPSA) is 25.2 Å². The third kappa shape index (κ3) is 1.53. The smallest absolute Gasteiger partial charge is 0.0716 e. The Kier molecular flexibility index (Phi) is 2.60. The number of fused-ring (bicyclic) bond motifs is 3. The van der Waals surface area contributed by atoms with E-state index in [1.165, 1.54) is 21.8 Å². The van der Waals surface area contributed by atoms with Crippen molar-refractivity contribution in [1.82, 2.24) is 4.57 Å². The molecule has 0 aliphatic rings. The highest BCUT2D eigenvalue weighted by Crippen LogP contribution is 2.32. The third-order valence-corrected chi connectivity index (χ3v) is 3.72. The van der Waals surface area contributed by atoms with Gasteiger partial charge >= 0.3 is 0 Å². The molecule has 2 atom stereocenters. The molecule has 1 aromatic heterocycles. The zero-order valence-electron chi connectivity index (χ0n) is 10.7. The maximum Gasteiger partial charge on any atom is 0.0716 e. The Balaban J connectivity index is 2.45. The summed E-state index contributed by atoms with van der Waals surface area (Å²) in [6, 6.07) is 16.8. The van der Waals surface area contributed by atoms with E-state index >= 15 is 0 Å². The van der Waals surface area contributed by atoms with Crippen LogP contribution < -0.4 is 0 Å². The van der Waals surface area contributed by atoms with Gasteiger partial charge in [-0.15, -0.1) is 0 Å². The van der Waals surface area contributed by atoms with Crippen LogP contribution in [-0.2, 0) is 0 Å². The van der Waals surface area contributed by atoms with Gasteiger partial charge in [-0.3, -0.25) is 0 Å². The van der Waals surface area contributed by atoms with Crippen molar-refractivity contribution in [1.29, 1.82) is 0 Å². The maximum atomic E-state index is 9.89. The number of aliphatic hydroxyl groups excluding tert-OH is 1. The van der Waals surface area contributed by atoms with E-state index in [0.29, 0.717) is 0 Å². The van der Waals surface area contributed by atoms with Gasteiger partial charge in [0.15, 0.2) is 0 Å². The van der Waals surface area contributed by atoms with Crippen molar-refractivity contribution in [3.05, 3.63) is 48.5 Å². The van der Waals surface area contributed by atoms with Crippen LogP contribution >= 0.6 is 0 Å². The van der Waals surface area contributed by atoms with Gasteiger partial charge in [0.2, 0.25) is 0 Å². The summed E-state index contributed by atoms with van der Waals surface area (Å²) in [5.74, 6) is 0. The van der Waals surface area contributed by atoms with E-state index in [9.17, 15) is 5.11 Å². The zero-order valence-corrected chi connectivity index (χ0v) is 10.7. The van der Waals surface area contributed by atoms with Gasteiger partial charge in [0, 0.05) is 21.8 Å². The van der Waals surface area contributed by atoms with Crippen LogP contribution in [-0.4, -0.2) is 15.8 Å². The summed E-state index contributed by atoms with van der Waals surface area (Å²) in [5.41, 5.74) is 2.37. The second-order valence-corrected chi connectivity index (χ2v) is 4.89. The van der Waals surface area contributed by atoms with Crippen LogP contribution in [0.3, 0.4) is 0 Å². The molecule has 3 rings (SSSR count). The number of nitrogens with zero attached hydrogens (tertiary/aromatic N) is 1. The third-order valence-electron chi connectivity index (χ3n) is 3.72.